The summed E-state index contributed by atoms with van der Waals surface area (Å²) in [6, 6.07) is 17.0. The Morgan fingerprint density at radius 3 is 2.64 bits per heavy atom. The summed E-state index contributed by atoms with van der Waals surface area (Å²) in [6.45, 7) is 1.02. The van der Waals surface area contributed by atoms with Crippen molar-refractivity contribution in [3.63, 3.8) is 0 Å². The minimum atomic E-state index is -0.475. The van der Waals surface area contributed by atoms with Gasteiger partial charge >= 0.3 is 5.97 Å². The first-order valence-electron chi connectivity index (χ1n) is 9.42. The predicted molar refractivity (Wildman–Crippen MR) is 109 cm³/mol. The van der Waals surface area contributed by atoms with Gasteiger partial charge in [0.2, 0.25) is 0 Å². The number of rotatable bonds is 8. The Labute approximate surface area is 170 Å². The summed E-state index contributed by atoms with van der Waals surface area (Å²) in [7, 11) is 1.70. The molecule has 0 saturated carbocycles. The third-order valence-corrected chi connectivity index (χ3v) is 5.78. The molecule has 0 N–H and O–H groups in total. The first-order valence-corrected chi connectivity index (χ1v) is 10.4. The largest absolute Gasteiger partial charge is 0.452 e. The summed E-state index contributed by atoms with van der Waals surface area (Å²) in [4.78, 5) is 27.2. The van der Waals surface area contributed by atoms with Gasteiger partial charge in [-0.15, -0.1) is 11.8 Å². The van der Waals surface area contributed by atoms with E-state index < -0.39 is 5.97 Å². The van der Waals surface area contributed by atoms with Crippen LogP contribution in [0.3, 0.4) is 0 Å². The third kappa shape index (κ3) is 5.84. The van der Waals surface area contributed by atoms with E-state index in [1.165, 1.54) is 0 Å². The van der Waals surface area contributed by atoms with Crippen LogP contribution < -0.4 is 0 Å². The molecule has 1 fully saturated rings. The Morgan fingerprint density at radius 2 is 1.89 bits per heavy atom. The summed E-state index contributed by atoms with van der Waals surface area (Å²) in [5, 5.41) is 0. The van der Waals surface area contributed by atoms with E-state index in [0.717, 1.165) is 35.7 Å². The predicted octanol–water partition coefficient (Wildman–Crippen LogP) is 3.77. The number of thioether (sulfide) groups is 1. The Morgan fingerprint density at radius 1 is 1.14 bits per heavy atom. The van der Waals surface area contributed by atoms with Crippen molar-refractivity contribution in [2.75, 3.05) is 26.0 Å². The average Bonchev–Trinajstić information content (AvgIpc) is 3.25. The Balaban J connectivity index is 1.52. The van der Waals surface area contributed by atoms with Crippen molar-refractivity contribution in [2.24, 2.45) is 0 Å². The monoisotopic (exact) mass is 399 g/mol. The molecule has 1 atom stereocenters. The summed E-state index contributed by atoms with van der Waals surface area (Å²) < 4.78 is 10.9. The molecule has 0 aliphatic carbocycles. The highest BCUT2D eigenvalue weighted by molar-refractivity contribution is 7.99. The fourth-order valence-corrected chi connectivity index (χ4v) is 4.09. The van der Waals surface area contributed by atoms with Gasteiger partial charge in [-0.3, -0.25) is 4.79 Å². The summed E-state index contributed by atoms with van der Waals surface area (Å²) in [5.41, 5.74) is 1.52. The van der Waals surface area contributed by atoms with Gasteiger partial charge in [-0.2, -0.15) is 0 Å². The van der Waals surface area contributed by atoms with E-state index in [1.807, 2.05) is 42.5 Å². The molecule has 1 amide bonds. The molecule has 1 saturated heterocycles. The summed E-state index contributed by atoms with van der Waals surface area (Å²) in [5.74, 6) is 0.0989. The lowest BCUT2D eigenvalue weighted by molar-refractivity contribution is -0.133. The zero-order chi connectivity index (χ0) is 19.8. The fraction of sp³-hybridized carbons (Fsp3) is 0.364. The highest BCUT2D eigenvalue weighted by Gasteiger charge is 2.19. The van der Waals surface area contributed by atoms with Crippen molar-refractivity contribution >= 4 is 23.6 Å². The standard InChI is InChI=1S/C22H25NO4S/c1-23(14-17-8-3-2-4-9-17)21(24)15-27-22(25)19-11-5-6-12-20(19)28-16-18-10-7-13-26-18/h2-6,8-9,11-12,18H,7,10,13-16H2,1H3. The number of esters is 1. The summed E-state index contributed by atoms with van der Waals surface area (Å²) >= 11 is 1.59. The van der Waals surface area contributed by atoms with Crippen LogP contribution in [0.15, 0.2) is 59.5 Å². The molecule has 1 unspecified atom stereocenters. The molecule has 28 heavy (non-hydrogen) atoms. The van der Waals surface area contributed by atoms with Crippen LogP contribution in [0.2, 0.25) is 0 Å². The maximum absolute atomic E-state index is 12.5. The molecular formula is C22H25NO4S. The Bertz CT molecular complexity index is 790. The van der Waals surface area contributed by atoms with E-state index in [2.05, 4.69) is 0 Å². The first kappa shape index (κ1) is 20.4. The topological polar surface area (TPSA) is 55.8 Å². The lowest BCUT2D eigenvalue weighted by Gasteiger charge is -2.17. The van der Waals surface area contributed by atoms with Crippen molar-refractivity contribution in [2.45, 2.75) is 30.4 Å². The van der Waals surface area contributed by atoms with Crippen molar-refractivity contribution < 1.29 is 19.1 Å². The maximum atomic E-state index is 12.5. The van der Waals surface area contributed by atoms with Gasteiger partial charge in [-0.25, -0.2) is 4.79 Å². The molecule has 1 heterocycles. The minimum Gasteiger partial charge on any atom is -0.452 e. The Kier molecular flexibility index (Phi) is 7.51. The van der Waals surface area contributed by atoms with Gasteiger partial charge in [0, 0.05) is 30.8 Å². The van der Waals surface area contributed by atoms with Crippen molar-refractivity contribution in [3.05, 3.63) is 65.7 Å². The van der Waals surface area contributed by atoms with Gasteiger partial charge in [-0.1, -0.05) is 42.5 Å². The van der Waals surface area contributed by atoms with Crippen LogP contribution in [0, 0.1) is 0 Å². The van der Waals surface area contributed by atoms with Gasteiger partial charge in [-0.05, 0) is 30.5 Å². The van der Waals surface area contributed by atoms with Crippen LogP contribution in [-0.4, -0.2) is 48.9 Å². The fourth-order valence-electron chi connectivity index (χ4n) is 2.98. The lowest BCUT2D eigenvalue weighted by Crippen LogP contribution is -2.30. The van der Waals surface area contributed by atoms with E-state index >= 15 is 0 Å². The number of hydrogen-bond acceptors (Lipinski definition) is 5. The van der Waals surface area contributed by atoms with Gasteiger partial charge in [0.25, 0.3) is 5.91 Å². The molecule has 5 nitrogen and oxygen atoms in total. The third-order valence-electron chi connectivity index (χ3n) is 4.57. The van der Waals surface area contributed by atoms with Gasteiger partial charge in [0.05, 0.1) is 11.7 Å². The highest BCUT2D eigenvalue weighted by Crippen LogP contribution is 2.27. The molecular weight excluding hydrogens is 374 g/mol. The number of ether oxygens (including phenoxy) is 2. The molecule has 3 rings (SSSR count). The van der Waals surface area contributed by atoms with Crippen molar-refractivity contribution in [1.29, 1.82) is 0 Å². The SMILES string of the molecule is CN(Cc1ccccc1)C(=O)COC(=O)c1ccccc1SCC1CCCO1. The molecule has 0 aromatic heterocycles. The highest BCUT2D eigenvalue weighted by atomic mass is 32.2. The molecule has 2 aromatic rings. The van der Waals surface area contributed by atoms with E-state index in [0.29, 0.717) is 12.1 Å². The molecule has 2 aromatic carbocycles. The van der Waals surface area contributed by atoms with Gasteiger partial charge in [0.1, 0.15) is 0 Å². The molecule has 1 aliphatic rings. The van der Waals surface area contributed by atoms with E-state index in [4.69, 9.17) is 9.47 Å². The zero-order valence-corrected chi connectivity index (χ0v) is 16.8. The zero-order valence-electron chi connectivity index (χ0n) is 16.0. The van der Waals surface area contributed by atoms with Crippen LogP contribution in [0.25, 0.3) is 0 Å². The maximum Gasteiger partial charge on any atom is 0.339 e. The van der Waals surface area contributed by atoms with Gasteiger partial charge in [0.15, 0.2) is 6.61 Å². The van der Waals surface area contributed by atoms with Crippen LogP contribution in [-0.2, 0) is 20.8 Å². The number of carbonyl (C=O) groups excluding carboxylic acids is 2. The van der Waals surface area contributed by atoms with Crippen LogP contribution in [0.5, 0.6) is 0 Å². The Hall–Kier alpha value is -2.31. The molecule has 0 spiro atoms. The number of benzene rings is 2. The van der Waals surface area contributed by atoms with Crippen LogP contribution >= 0.6 is 11.8 Å². The normalized spacial score (nSPS) is 16.0. The van der Waals surface area contributed by atoms with Crippen molar-refractivity contribution in [1.82, 2.24) is 4.90 Å². The van der Waals surface area contributed by atoms with E-state index in [-0.39, 0.29) is 18.6 Å². The van der Waals surface area contributed by atoms with Gasteiger partial charge < -0.3 is 14.4 Å². The number of amides is 1. The molecule has 6 heteroatoms. The minimum absolute atomic E-state index is 0.235. The van der Waals surface area contributed by atoms with Crippen LogP contribution in [0.4, 0.5) is 0 Å². The van der Waals surface area contributed by atoms with E-state index in [1.54, 1.807) is 35.8 Å². The number of nitrogens with zero attached hydrogens (tertiary/aromatic N) is 1. The van der Waals surface area contributed by atoms with Crippen molar-refractivity contribution in [3.8, 4) is 0 Å². The quantitative estimate of drug-likeness (QED) is 0.500. The molecule has 1 aliphatic heterocycles. The molecule has 148 valence electrons. The second kappa shape index (κ2) is 10.3. The lowest BCUT2D eigenvalue weighted by atomic mass is 10.2. The second-order valence-corrected chi connectivity index (χ2v) is 7.82. The molecule has 0 radical (unpaired) electrons. The number of hydrogen-bond donors (Lipinski definition) is 0. The molecule has 0 bridgehead atoms. The second-order valence-electron chi connectivity index (χ2n) is 6.75. The average molecular weight is 400 g/mol. The van der Waals surface area contributed by atoms with Crippen LogP contribution in [0.1, 0.15) is 28.8 Å². The number of carbonyl (C=O) groups is 2. The summed E-state index contributed by atoms with van der Waals surface area (Å²) in [6.07, 6.45) is 2.39. The first-order chi connectivity index (χ1) is 13.6. The number of likely N-dealkylation sites (N-methyl/N-ethyl adjacent to an activating group) is 1. The van der Waals surface area contributed by atoms with E-state index in [9.17, 15) is 9.59 Å². The smallest absolute Gasteiger partial charge is 0.339 e.